The Kier molecular flexibility index (Phi) is 4.68. The predicted octanol–water partition coefficient (Wildman–Crippen LogP) is 1.19. The smallest absolute Gasteiger partial charge is 0.406 e. The molecule has 1 atom stereocenters. The first-order chi connectivity index (χ1) is 9.01. The van der Waals surface area contributed by atoms with E-state index in [2.05, 4.69) is 0 Å². The van der Waals surface area contributed by atoms with Crippen LogP contribution in [0.2, 0.25) is 0 Å². The van der Waals surface area contributed by atoms with Gasteiger partial charge in [-0.1, -0.05) is 0 Å². The van der Waals surface area contributed by atoms with Gasteiger partial charge in [-0.05, 0) is 20.3 Å². The summed E-state index contributed by atoms with van der Waals surface area (Å²) in [5.74, 6) is -2.19. The zero-order valence-electron chi connectivity index (χ0n) is 11.7. The molecule has 0 aromatic carbocycles. The summed E-state index contributed by atoms with van der Waals surface area (Å²) >= 11 is 0. The number of alkyl halides is 3. The lowest BCUT2D eigenvalue weighted by molar-refractivity contribution is -0.227. The Morgan fingerprint density at radius 3 is 2.30 bits per heavy atom. The number of aliphatic carboxylic acids is 1. The molecule has 0 bridgehead atoms. The predicted molar refractivity (Wildman–Crippen MR) is 65.1 cm³/mol. The third-order valence-electron chi connectivity index (χ3n) is 3.83. The van der Waals surface area contributed by atoms with Crippen molar-refractivity contribution in [3.8, 4) is 0 Å². The molecule has 1 heterocycles. The molecule has 0 saturated carbocycles. The number of halogens is 3. The van der Waals surface area contributed by atoms with Crippen LogP contribution in [0.4, 0.5) is 13.2 Å². The number of carboxylic acid groups (broad SMARTS) is 1. The van der Waals surface area contributed by atoms with E-state index in [9.17, 15) is 22.8 Å². The molecule has 1 aliphatic rings. The van der Waals surface area contributed by atoms with Crippen molar-refractivity contribution >= 4 is 11.9 Å². The minimum atomic E-state index is -4.82. The first-order valence-electron chi connectivity index (χ1n) is 6.29. The molecular formula is C12H19F3N2O3. The lowest BCUT2D eigenvalue weighted by atomic mass is 9.86. The second kappa shape index (κ2) is 5.59. The number of likely N-dealkylation sites (tertiary alicyclic amines) is 1. The van der Waals surface area contributed by atoms with Crippen molar-refractivity contribution in [3.05, 3.63) is 0 Å². The lowest BCUT2D eigenvalue weighted by Crippen LogP contribution is -2.48. The van der Waals surface area contributed by atoms with E-state index in [0.717, 1.165) is 0 Å². The molecule has 20 heavy (non-hydrogen) atoms. The molecule has 8 heteroatoms. The van der Waals surface area contributed by atoms with Gasteiger partial charge in [-0.25, -0.2) is 0 Å². The van der Waals surface area contributed by atoms with Crippen LogP contribution >= 0.6 is 0 Å². The maximum absolute atomic E-state index is 13.0. The van der Waals surface area contributed by atoms with Crippen LogP contribution in [-0.4, -0.2) is 65.7 Å². The molecule has 0 aromatic rings. The van der Waals surface area contributed by atoms with Crippen molar-refractivity contribution < 1.29 is 27.9 Å². The Morgan fingerprint density at radius 2 is 1.95 bits per heavy atom. The van der Waals surface area contributed by atoms with Gasteiger partial charge >= 0.3 is 12.1 Å². The summed E-state index contributed by atoms with van der Waals surface area (Å²) in [6.07, 6.45) is -5.34. The first-order valence-corrected chi connectivity index (χ1v) is 6.29. The topological polar surface area (TPSA) is 60.9 Å². The maximum atomic E-state index is 13.0. The van der Waals surface area contributed by atoms with Crippen LogP contribution in [-0.2, 0) is 9.59 Å². The fraction of sp³-hybridized carbons (Fsp3) is 0.833. The summed E-state index contributed by atoms with van der Waals surface area (Å²) in [7, 11) is 1.57. The van der Waals surface area contributed by atoms with Crippen molar-refractivity contribution in [3.63, 3.8) is 0 Å². The molecule has 116 valence electrons. The number of carboxylic acids is 1. The Hall–Kier alpha value is -1.31. The Morgan fingerprint density at radius 1 is 1.40 bits per heavy atom. The third-order valence-corrected chi connectivity index (χ3v) is 3.83. The first kappa shape index (κ1) is 16.7. The molecule has 1 amide bonds. The number of nitrogens with zero attached hydrogens (tertiary/aromatic N) is 2. The van der Waals surface area contributed by atoms with E-state index in [1.165, 1.54) is 9.80 Å². The standard InChI is InChI=1S/C12H19F3N2O3/c1-8(2)16(3)9(18)6-17-5-4-11(7-17,10(19)20)12(13,14)15/h8H,4-7H2,1-3H3,(H,19,20). The van der Waals surface area contributed by atoms with Crippen molar-refractivity contribution in [2.75, 3.05) is 26.7 Å². The van der Waals surface area contributed by atoms with Gasteiger partial charge in [-0.3, -0.25) is 14.5 Å². The summed E-state index contributed by atoms with van der Waals surface area (Å²) in [5, 5.41) is 8.91. The van der Waals surface area contributed by atoms with Gasteiger partial charge < -0.3 is 10.0 Å². The average molecular weight is 296 g/mol. The van der Waals surface area contributed by atoms with Gasteiger partial charge in [-0.2, -0.15) is 13.2 Å². The zero-order valence-corrected chi connectivity index (χ0v) is 11.7. The highest BCUT2D eigenvalue weighted by atomic mass is 19.4. The number of amides is 1. The normalized spacial score (nSPS) is 24.1. The fourth-order valence-electron chi connectivity index (χ4n) is 2.14. The highest BCUT2D eigenvalue weighted by molar-refractivity contribution is 5.79. The maximum Gasteiger partial charge on any atom is 0.406 e. The second-order valence-corrected chi connectivity index (χ2v) is 5.44. The number of carbonyl (C=O) groups is 2. The van der Waals surface area contributed by atoms with Crippen LogP contribution < -0.4 is 0 Å². The molecule has 0 radical (unpaired) electrons. The van der Waals surface area contributed by atoms with Gasteiger partial charge in [0.25, 0.3) is 0 Å². The van der Waals surface area contributed by atoms with E-state index in [4.69, 9.17) is 5.11 Å². The van der Waals surface area contributed by atoms with E-state index in [0.29, 0.717) is 0 Å². The molecule has 1 saturated heterocycles. The SMILES string of the molecule is CC(C)N(C)C(=O)CN1CCC(C(=O)O)(C(F)(F)F)C1. The van der Waals surface area contributed by atoms with Gasteiger partial charge in [-0.15, -0.1) is 0 Å². The largest absolute Gasteiger partial charge is 0.481 e. The van der Waals surface area contributed by atoms with E-state index in [1.54, 1.807) is 20.9 Å². The molecule has 1 N–H and O–H groups in total. The molecule has 1 fully saturated rings. The third kappa shape index (κ3) is 3.05. The minimum Gasteiger partial charge on any atom is -0.481 e. The average Bonchev–Trinajstić information content (AvgIpc) is 2.72. The Bertz CT molecular complexity index is 398. The quantitative estimate of drug-likeness (QED) is 0.846. The lowest BCUT2D eigenvalue weighted by Gasteiger charge is -2.28. The van der Waals surface area contributed by atoms with Crippen molar-refractivity contribution in [2.45, 2.75) is 32.5 Å². The van der Waals surface area contributed by atoms with Crippen LogP contribution in [0.15, 0.2) is 0 Å². The van der Waals surface area contributed by atoms with Crippen LogP contribution in [0.5, 0.6) is 0 Å². The highest BCUT2D eigenvalue weighted by Crippen LogP contribution is 2.45. The molecule has 0 spiro atoms. The summed E-state index contributed by atoms with van der Waals surface area (Å²) in [4.78, 5) is 25.5. The molecule has 0 aromatic heterocycles. The zero-order chi connectivity index (χ0) is 15.7. The van der Waals surface area contributed by atoms with Gasteiger partial charge in [0.1, 0.15) is 0 Å². The summed E-state index contributed by atoms with van der Waals surface area (Å²) < 4.78 is 38.9. The van der Waals surface area contributed by atoms with Crippen LogP contribution in [0, 0.1) is 5.41 Å². The van der Waals surface area contributed by atoms with Gasteiger partial charge in [0.15, 0.2) is 5.41 Å². The van der Waals surface area contributed by atoms with E-state index < -0.39 is 30.5 Å². The van der Waals surface area contributed by atoms with Crippen molar-refractivity contribution in [1.82, 2.24) is 9.80 Å². The number of hydrogen-bond donors (Lipinski definition) is 1. The summed E-state index contributed by atoms with van der Waals surface area (Å²) in [6, 6.07) is -0.0584. The van der Waals surface area contributed by atoms with Crippen molar-refractivity contribution in [1.29, 1.82) is 0 Å². The Labute approximate surface area is 115 Å². The second-order valence-electron chi connectivity index (χ2n) is 5.44. The molecule has 0 aliphatic carbocycles. The monoisotopic (exact) mass is 296 g/mol. The number of carbonyl (C=O) groups excluding carboxylic acids is 1. The molecule has 1 unspecified atom stereocenters. The minimum absolute atomic E-state index is 0.0521. The number of likely N-dealkylation sites (N-methyl/N-ethyl adjacent to an activating group) is 1. The van der Waals surface area contributed by atoms with Gasteiger partial charge in [0.05, 0.1) is 6.54 Å². The van der Waals surface area contributed by atoms with Gasteiger partial charge in [0, 0.05) is 26.2 Å². The molecular weight excluding hydrogens is 277 g/mol. The van der Waals surface area contributed by atoms with E-state index >= 15 is 0 Å². The van der Waals surface area contributed by atoms with E-state index in [-0.39, 0.29) is 25.0 Å². The summed E-state index contributed by atoms with van der Waals surface area (Å²) in [6.45, 7) is 2.66. The molecule has 5 nitrogen and oxygen atoms in total. The highest BCUT2D eigenvalue weighted by Gasteiger charge is 2.63. The Balaban J connectivity index is 2.76. The van der Waals surface area contributed by atoms with Crippen LogP contribution in [0.1, 0.15) is 20.3 Å². The van der Waals surface area contributed by atoms with Crippen LogP contribution in [0.3, 0.4) is 0 Å². The molecule has 1 rings (SSSR count). The number of rotatable bonds is 4. The number of hydrogen-bond acceptors (Lipinski definition) is 3. The van der Waals surface area contributed by atoms with Crippen molar-refractivity contribution in [2.24, 2.45) is 5.41 Å². The molecule has 1 aliphatic heterocycles. The summed E-state index contributed by atoms with van der Waals surface area (Å²) in [5.41, 5.74) is -2.76. The van der Waals surface area contributed by atoms with Crippen LogP contribution in [0.25, 0.3) is 0 Å². The van der Waals surface area contributed by atoms with E-state index in [1.807, 2.05) is 0 Å². The fourth-order valence-corrected chi connectivity index (χ4v) is 2.14. The van der Waals surface area contributed by atoms with Gasteiger partial charge in [0.2, 0.25) is 5.91 Å².